The van der Waals surface area contributed by atoms with E-state index in [0.29, 0.717) is 28.6 Å². The van der Waals surface area contributed by atoms with Crippen LogP contribution in [0, 0.1) is 0 Å². The topological polar surface area (TPSA) is 69.7 Å². The van der Waals surface area contributed by atoms with Crippen molar-refractivity contribution >= 4 is 17.3 Å². The molecule has 3 rings (SSSR count). The molecule has 1 N–H and O–H groups in total. The number of hydrogen-bond acceptors (Lipinski definition) is 5. The Labute approximate surface area is 140 Å². The van der Waals surface area contributed by atoms with Crippen molar-refractivity contribution in [2.45, 2.75) is 6.92 Å². The van der Waals surface area contributed by atoms with Gasteiger partial charge in [0, 0.05) is 22.9 Å². The average Bonchev–Trinajstić information content (AvgIpc) is 2.94. The summed E-state index contributed by atoms with van der Waals surface area (Å²) in [6.45, 7) is 1.83. The molecule has 0 saturated carbocycles. The van der Waals surface area contributed by atoms with E-state index in [4.69, 9.17) is 14.2 Å². The molecule has 0 fully saturated rings. The highest BCUT2D eigenvalue weighted by Crippen LogP contribution is 2.42. The molecule has 1 aliphatic rings. The van der Waals surface area contributed by atoms with Gasteiger partial charge >= 0.3 is 0 Å². The van der Waals surface area contributed by atoms with Gasteiger partial charge in [0.25, 0.3) is 5.91 Å². The molecule has 0 atom stereocenters. The largest absolute Gasteiger partial charge is 0.493 e. The van der Waals surface area contributed by atoms with E-state index in [1.807, 2.05) is 25.1 Å². The maximum Gasteiger partial charge on any atom is 0.257 e. The van der Waals surface area contributed by atoms with Crippen molar-refractivity contribution in [2.24, 2.45) is 0 Å². The van der Waals surface area contributed by atoms with Gasteiger partial charge < -0.3 is 19.5 Å². The Morgan fingerprint density at radius 2 is 1.67 bits per heavy atom. The van der Waals surface area contributed by atoms with Crippen LogP contribution in [0.1, 0.15) is 12.5 Å². The monoisotopic (exact) mass is 326 g/mol. The molecule has 1 aliphatic heterocycles. The zero-order chi connectivity index (χ0) is 17.3. The van der Waals surface area contributed by atoms with E-state index in [0.717, 1.165) is 16.7 Å². The number of rotatable bonds is 4. The van der Waals surface area contributed by atoms with E-state index in [9.17, 15) is 4.79 Å². The molecule has 0 spiro atoms. The summed E-state index contributed by atoms with van der Waals surface area (Å²) in [5, 5.41) is 2.75. The van der Waals surface area contributed by atoms with Crippen LogP contribution in [0.25, 0.3) is 16.7 Å². The average molecular weight is 326 g/mol. The molecule has 0 unspecified atom stereocenters. The quantitative estimate of drug-likeness (QED) is 0.874. The Hall–Kier alpha value is -3.02. The first-order valence-corrected chi connectivity index (χ1v) is 7.41. The Morgan fingerprint density at radius 1 is 1.00 bits per heavy atom. The van der Waals surface area contributed by atoms with Crippen molar-refractivity contribution in [1.29, 1.82) is 0 Å². The predicted molar refractivity (Wildman–Crippen MR) is 91.6 cm³/mol. The third kappa shape index (κ3) is 2.46. The van der Waals surface area contributed by atoms with Gasteiger partial charge in [0.15, 0.2) is 11.5 Å². The summed E-state index contributed by atoms with van der Waals surface area (Å²) < 4.78 is 16.1. The number of anilines is 1. The molecule has 0 radical (unpaired) electrons. The highest BCUT2D eigenvalue weighted by Gasteiger charge is 2.25. The van der Waals surface area contributed by atoms with Crippen LogP contribution in [0.5, 0.6) is 17.2 Å². The SMILES string of the molecule is C/C=C1\C(=O)Nc2ncc(-c3cc(OC)c(OC)c(OC)c3)cc21. The Bertz CT molecular complexity index is 818. The Morgan fingerprint density at radius 3 is 2.21 bits per heavy atom. The predicted octanol–water partition coefficient (Wildman–Crippen LogP) is 3.13. The van der Waals surface area contributed by atoms with Crippen molar-refractivity contribution in [3.8, 4) is 28.4 Å². The number of carbonyl (C=O) groups excluding carboxylic acids is 1. The van der Waals surface area contributed by atoms with E-state index < -0.39 is 0 Å². The summed E-state index contributed by atoms with van der Waals surface area (Å²) in [7, 11) is 4.71. The first kappa shape index (κ1) is 15.9. The molecule has 124 valence electrons. The van der Waals surface area contributed by atoms with Crippen LogP contribution in [0.2, 0.25) is 0 Å². The minimum atomic E-state index is -0.137. The summed E-state index contributed by atoms with van der Waals surface area (Å²) in [4.78, 5) is 16.3. The minimum Gasteiger partial charge on any atom is -0.493 e. The molecule has 1 amide bonds. The van der Waals surface area contributed by atoms with E-state index in [-0.39, 0.29) is 5.91 Å². The summed E-state index contributed by atoms with van der Waals surface area (Å²) in [6.07, 6.45) is 3.49. The summed E-state index contributed by atoms with van der Waals surface area (Å²) in [5.74, 6) is 2.09. The smallest absolute Gasteiger partial charge is 0.257 e. The van der Waals surface area contributed by atoms with Crippen LogP contribution in [0.4, 0.5) is 5.82 Å². The number of benzene rings is 1. The number of nitrogens with zero attached hydrogens (tertiary/aromatic N) is 1. The van der Waals surface area contributed by atoms with Crippen LogP contribution in [-0.2, 0) is 4.79 Å². The number of nitrogens with one attached hydrogen (secondary N) is 1. The second-order valence-corrected chi connectivity index (χ2v) is 5.19. The molecule has 6 heteroatoms. The molecule has 0 aliphatic carbocycles. The van der Waals surface area contributed by atoms with Gasteiger partial charge in [0.05, 0.1) is 21.3 Å². The van der Waals surface area contributed by atoms with Crippen molar-refractivity contribution in [3.63, 3.8) is 0 Å². The summed E-state index contributed by atoms with van der Waals surface area (Å²) >= 11 is 0. The highest BCUT2D eigenvalue weighted by atomic mass is 16.5. The van der Waals surface area contributed by atoms with Crippen molar-refractivity contribution in [3.05, 3.63) is 36.0 Å². The van der Waals surface area contributed by atoms with E-state index in [1.165, 1.54) is 0 Å². The molecular weight excluding hydrogens is 308 g/mol. The van der Waals surface area contributed by atoms with Crippen LogP contribution < -0.4 is 19.5 Å². The van der Waals surface area contributed by atoms with Gasteiger partial charge in [-0.2, -0.15) is 0 Å². The summed E-state index contributed by atoms with van der Waals surface area (Å²) in [6, 6.07) is 5.63. The maximum absolute atomic E-state index is 11.9. The number of ether oxygens (including phenoxy) is 3. The van der Waals surface area contributed by atoms with Crippen molar-refractivity contribution < 1.29 is 19.0 Å². The first-order chi connectivity index (χ1) is 11.6. The van der Waals surface area contributed by atoms with Gasteiger partial charge in [-0.05, 0) is 30.7 Å². The molecule has 24 heavy (non-hydrogen) atoms. The van der Waals surface area contributed by atoms with Crippen LogP contribution >= 0.6 is 0 Å². The van der Waals surface area contributed by atoms with Crippen LogP contribution in [0.3, 0.4) is 0 Å². The highest BCUT2D eigenvalue weighted by molar-refractivity contribution is 6.31. The number of pyridine rings is 1. The van der Waals surface area contributed by atoms with Gasteiger partial charge in [0.1, 0.15) is 5.82 Å². The fourth-order valence-electron chi connectivity index (χ4n) is 2.76. The lowest BCUT2D eigenvalue weighted by atomic mass is 10.0. The van der Waals surface area contributed by atoms with Crippen LogP contribution in [0.15, 0.2) is 30.5 Å². The Balaban J connectivity index is 2.14. The molecule has 0 saturated heterocycles. The lowest BCUT2D eigenvalue weighted by molar-refractivity contribution is -0.110. The number of fused-ring (bicyclic) bond motifs is 1. The van der Waals surface area contributed by atoms with Crippen molar-refractivity contribution in [1.82, 2.24) is 4.98 Å². The van der Waals surface area contributed by atoms with Gasteiger partial charge in [0.2, 0.25) is 5.75 Å². The summed E-state index contributed by atoms with van der Waals surface area (Å²) in [5.41, 5.74) is 3.11. The normalized spacial score (nSPS) is 14.3. The first-order valence-electron chi connectivity index (χ1n) is 7.41. The number of aromatic nitrogens is 1. The molecule has 0 bridgehead atoms. The van der Waals surface area contributed by atoms with Crippen LogP contribution in [-0.4, -0.2) is 32.2 Å². The minimum absolute atomic E-state index is 0.137. The standard InChI is InChI=1S/C18H18N2O4/c1-5-12-13-6-11(9-19-17(13)20-18(12)21)10-7-14(22-2)16(24-4)15(8-10)23-3/h5-9H,1-4H3,(H,19,20,21)/b12-5-. The van der Waals surface area contributed by atoms with Gasteiger partial charge in [-0.25, -0.2) is 4.98 Å². The zero-order valence-corrected chi connectivity index (χ0v) is 14.0. The second-order valence-electron chi connectivity index (χ2n) is 5.19. The molecule has 6 nitrogen and oxygen atoms in total. The molecule has 1 aromatic heterocycles. The number of hydrogen-bond donors (Lipinski definition) is 1. The second kappa shape index (κ2) is 6.23. The lowest BCUT2D eigenvalue weighted by Gasteiger charge is -2.14. The third-order valence-corrected chi connectivity index (χ3v) is 3.94. The Kier molecular flexibility index (Phi) is 4.12. The van der Waals surface area contributed by atoms with E-state index in [2.05, 4.69) is 10.3 Å². The zero-order valence-electron chi connectivity index (χ0n) is 14.0. The van der Waals surface area contributed by atoms with E-state index in [1.54, 1.807) is 33.6 Å². The molecule has 2 aromatic rings. The molecule has 2 heterocycles. The lowest BCUT2D eigenvalue weighted by Crippen LogP contribution is -2.03. The van der Waals surface area contributed by atoms with E-state index >= 15 is 0 Å². The fraction of sp³-hybridized carbons (Fsp3) is 0.222. The number of carbonyl (C=O) groups is 1. The third-order valence-electron chi connectivity index (χ3n) is 3.94. The maximum atomic E-state index is 11.9. The number of allylic oxidation sites excluding steroid dienone is 1. The molecule has 1 aromatic carbocycles. The number of amides is 1. The van der Waals surface area contributed by atoms with Crippen molar-refractivity contribution in [2.75, 3.05) is 26.6 Å². The fourth-order valence-corrected chi connectivity index (χ4v) is 2.76. The van der Waals surface area contributed by atoms with Gasteiger partial charge in [-0.1, -0.05) is 6.08 Å². The van der Waals surface area contributed by atoms with Gasteiger partial charge in [-0.3, -0.25) is 4.79 Å². The number of methoxy groups -OCH3 is 3. The van der Waals surface area contributed by atoms with Gasteiger partial charge in [-0.15, -0.1) is 0 Å². The molecular formula is C18H18N2O4.